The first-order valence-corrected chi connectivity index (χ1v) is 3.47. The molecule has 1 aliphatic rings. The molecule has 1 fully saturated rings. The van der Waals surface area contributed by atoms with Gasteiger partial charge in [0.2, 0.25) is 0 Å². The van der Waals surface area contributed by atoms with E-state index in [1.807, 2.05) is 0 Å². The summed E-state index contributed by atoms with van der Waals surface area (Å²) < 4.78 is 4.88. The zero-order valence-electron chi connectivity index (χ0n) is 6.32. The van der Waals surface area contributed by atoms with Gasteiger partial charge in [-0.15, -0.1) is 0 Å². The van der Waals surface area contributed by atoms with Crippen molar-refractivity contribution in [3.63, 3.8) is 0 Å². The summed E-state index contributed by atoms with van der Waals surface area (Å²) >= 11 is 0. The third-order valence-electron chi connectivity index (χ3n) is 2.00. The predicted molar refractivity (Wildman–Crippen MR) is 36.8 cm³/mol. The molecule has 0 aliphatic carbocycles. The van der Waals surface area contributed by atoms with Gasteiger partial charge in [-0.05, 0) is 6.92 Å². The molecule has 1 heterocycles. The Labute approximate surface area is 64.1 Å². The molecule has 2 atom stereocenters. The molecule has 5 nitrogen and oxygen atoms in total. The first-order valence-electron chi connectivity index (χ1n) is 3.47. The number of aliphatic hydroxyl groups is 1. The Balaban J connectivity index is 2.67. The van der Waals surface area contributed by atoms with E-state index in [0.29, 0.717) is 13.0 Å². The van der Waals surface area contributed by atoms with Gasteiger partial charge in [0.15, 0.2) is 0 Å². The maximum Gasteiger partial charge on any atom is 0.263 e. The summed E-state index contributed by atoms with van der Waals surface area (Å²) in [6.45, 7) is 1.89. The van der Waals surface area contributed by atoms with Crippen molar-refractivity contribution in [1.82, 2.24) is 0 Å². The lowest BCUT2D eigenvalue weighted by Crippen LogP contribution is -2.51. The van der Waals surface area contributed by atoms with Crippen LogP contribution in [0.2, 0.25) is 0 Å². The fraction of sp³-hybridized carbons (Fsp3) is 1.00. The summed E-state index contributed by atoms with van der Waals surface area (Å²) in [6.07, 6.45) is 0.332. The third-order valence-corrected chi connectivity index (χ3v) is 2.00. The third kappa shape index (κ3) is 1.66. The van der Waals surface area contributed by atoms with Crippen molar-refractivity contribution < 1.29 is 14.8 Å². The number of ether oxygens (including phenoxy) is 1. The molecule has 0 radical (unpaired) electrons. The number of hydrogen-bond acceptors (Lipinski definition) is 4. The average Bonchev–Trinajstić information content (AvgIpc) is 1.85. The Morgan fingerprint density at radius 1 is 1.82 bits per heavy atom. The van der Waals surface area contributed by atoms with Gasteiger partial charge in [0.1, 0.15) is 12.2 Å². The summed E-state index contributed by atoms with van der Waals surface area (Å²) in [5.74, 6) is 0. The van der Waals surface area contributed by atoms with E-state index in [9.17, 15) is 15.2 Å². The van der Waals surface area contributed by atoms with Crippen LogP contribution in [0.1, 0.15) is 13.3 Å². The van der Waals surface area contributed by atoms with Crippen LogP contribution < -0.4 is 0 Å². The number of nitro groups is 1. The highest BCUT2D eigenvalue weighted by Crippen LogP contribution is 2.21. The van der Waals surface area contributed by atoms with Gasteiger partial charge in [-0.1, -0.05) is 0 Å². The van der Waals surface area contributed by atoms with Crippen LogP contribution in [0.15, 0.2) is 0 Å². The second-order valence-corrected chi connectivity index (χ2v) is 2.98. The van der Waals surface area contributed by atoms with E-state index >= 15 is 0 Å². The van der Waals surface area contributed by atoms with Crippen LogP contribution in [-0.4, -0.2) is 34.9 Å². The number of rotatable bonds is 1. The largest absolute Gasteiger partial charge is 0.383 e. The van der Waals surface area contributed by atoms with Crippen molar-refractivity contribution in [1.29, 1.82) is 0 Å². The molecule has 0 bridgehead atoms. The second kappa shape index (κ2) is 2.75. The molecule has 64 valence electrons. The predicted octanol–water partition coefficient (Wildman–Crippen LogP) is -0.197. The quantitative estimate of drug-likeness (QED) is 0.427. The lowest BCUT2D eigenvalue weighted by atomic mass is 9.92. The average molecular weight is 161 g/mol. The normalized spacial score (nSPS) is 38.5. The molecule has 11 heavy (non-hydrogen) atoms. The highest BCUT2D eigenvalue weighted by Gasteiger charge is 2.43. The fourth-order valence-corrected chi connectivity index (χ4v) is 1.11. The standard InChI is InChI=1S/C6H11NO4/c1-6(8)2-3-11-4-5(6)7(9)10/h5,8H,2-4H2,1H3. The molecule has 0 aromatic carbocycles. The van der Waals surface area contributed by atoms with Crippen molar-refractivity contribution in [3.05, 3.63) is 10.1 Å². The summed E-state index contributed by atoms with van der Waals surface area (Å²) in [4.78, 5) is 9.85. The highest BCUT2D eigenvalue weighted by molar-refractivity contribution is 4.84. The minimum absolute atomic E-state index is 0.0139. The monoisotopic (exact) mass is 161 g/mol. The Kier molecular flexibility index (Phi) is 2.10. The van der Waals surface area contributed by atoms with Gasteiger partial charge in [0.05, 0.1) is 0 Å². The van der Waals surface area contributed by atoms with E-state index in [-0.39, 0.29) is 6.61 Å². The maximum absolute atomic E-state index is 10.3. The Morgan fingerprint density at radius 2 is 2.45 bits per heavy atom. The van der Waals surface area contributed by atoms with E-state index in [1.165, 1.54) is 6.92 Å². The molecule has 2 unspecified atom stereocenters. The summed E-state index contributed by atoms with van der Waals surface area (Å²) in [7, 11) is 0. The zero-order valence-corrected chi connectivity index (χ0v) is 6.32. The van der Waals surface area contributed by atoms with Gasteiger partial charge in [-0.3, -0.25) is 10.1 Å². The van der Waals surface area contributed by atoms with Gasteiger partial charge in [0, 0.05) is 18.0 Å². The van der Waals surface area contributed by atoms with Crippen LogP contribution in [-0.2, 0) is 4.74 Å². The minimum Gasteiger partial charge on any atom is -0.383 e. The van der Waals surface area contributed by atoms with Crippen molar-refractivity contribution in [2.45, 2.75) is 25.0 Å². The van der Waals surface area contributed by atoms with Crippen LogP contribution in [0.25, 0.3) is 0 Å². The van der Waals surface area contributed by atoms with Gasteiger partial charge < -0.3 is 9.84 Å². The molecular formula is C6H11NO4. The van der Waals surface area contributed by atoms with E-state index < -0.39 is 16.6 Å². The molecule has 1 aliphatic heterocycles. The second-order valence-electron chi connectivity index (χ2n) is 2.98. The van der Waals surface area contributed by atoms with Gasteiger partial charge in [-0.2, -0.15) is 0 Å². The van der Waals surface area contributed by atoms with Crippen molar-refractivity contribution in [2.24, 2.45) is 0 Å². The lowest BCUT2D eigenvalue weighted by Gasteiger charge is -2.30. The Morgan fingerprint density at radius 3 is 2.82 bits per heavy atom. The lowest BCUT2D eigenvalue weighted by molar-refractivity contribution is -0.553. The van der Waals surface area contributed by atoms with Gasteiger partial charge in [0.25, 0.3) is 6.04 Å². The first-order chi connectivity index (χ1) is 5.04. The first kappa shape index (κ1) is 8.42. The fourth-order valence-electron chi connectivity index (χ4n) is 1.11. The number of hydrogen-bond donors (Lipinski definition) is 1. The topological polar surface area (TPSA) is 72.6 Å². The van der Waals surface area contributed by atoms with Crippen LogP contribution in [0, 0.1) is 10.1 Å². The molecule has 1 rings (SSSR count). The molecule has 0 spiro atoms. The minimum atomic E-state index is -1.21. The van der Waals surface area contributed by atoms with E-state index in [2.05, 4.69) is 0 Å². The van der Waals surface area contributed by atoms with Gasteiger partial charge >= 0.3 is 0 Å². The van der Waals surface area contributed by atoms with Crippen LogP contribution in [0.3, 0.4) is 0 Å². The molecule has 5 heteroatoms. The summed E-state index contributed by atoms with van der Waals surface area (Å²) in [5.41, 5.74) is -1.21. The van der Waals surface area contributed by atoms with Crippen LogP contribution >= 0.6 is 0 Å². The van der Waals surface area contributed by atoms with E-state index in [1.54, 1.807) is 0 Å². The van der Waals surface area contributed by atoms with Gasteiger partial charge in [-0.25, -0.2) is 0 Å². The zero-order chi connectivity index (χ0) is 8.48. The molecule has 0 amide bonds. The molecule has 0 saturated carbocycles. The molecule has 1 saturated heterocycles. The van der Waals surface area contributed by atoms with Crippen LogP contribution in [0.4, 0.5) is 0 Å². The summed E-state index contributed by atoms with van der Waals surface area (Å²) in [5, 5.41) is 19.8. The van der Waals surface area contributed by atoms with E-state index in [4.69, 9.17) is 4.74 Å². The van der Waals surface area contributed by atoms with E-state index in [0.717, 1.165) is 0 Å². The smallest absolute Gasteiger partial charge is 0.263 e. The molecule has 0 aromatic rings. The molecule has 1 N–H and O–H groups in total. The Bertz CT molecular complexity index is 168. The van der Waals surface area contributed by atoms with Crippen LogP contribution in [0.5, 0.6) is 0 Å². The summed E-state index contributed by atoms with van der Waals surface area (Å²) in [6, 6.07) is -0.976. The SMILES string of the molecule is CC1(O)CCOCC1[N+](=O)[O-]. The molecular weight excluding hydrogens is 150 g/mol. The van der Waals surface area contributed by atoms with Crippen molar-refractivity contribution in [3.8, 4) is 0 Å². The maximum atomic E-state index is 10.3. The molecule has 0 aromatic heterocycles. The van der Waals surface area contributed by atoms with Crippen molar-refractivity contribution >= 4 is 0 Å². The Hall–Kier alpha value is -0.680. The van der Waals surface area contributed by atoms with Crippen molar-refractivity contribution in [2.75, 3.05) is 13.2 Å². The number of nitrogens with zero attached hydrogens (tertiary/aromatic N) is 1. The highest BCUT2D eigenvalue weighted by atomic mass is 16.6.